The first-order chi connectivity index (χ1) is 7.77. The standard InChI is InChI=1S/C13H23NO2/c1-4-9-14-12(6-5-10-15-3)13-8-7-11(2)16-13/h7-8,12,14H,4-6,9-10H2,1-3H3. The van der Waals surface area contributed by atoms with E-state index in [1.807, 2.05) is 13.0 Å². The fourth-order valence-electron chi connectivity index (χ4n) is 1.74. The number of rotatable bonds is 8. The Kier molecular flexibility index (Phi) is 6.19. The third-order valence-corrected chi connectivity index (χ3v) is 2.59. The van der Waals surface area contributed by atoms with Gasteiger partial charge < -0.3 is 14.5 Å². The molecular weight excluding hydrogens is 202 g/mol. The van der Waals surface area contributed by atoms with E-state index < -0.39 is 0 Å². The van der Waals surface area contributed by atoms with Gasteiger partial charge in [0.1, 0.15) is 11.5 Å². The number of furan rings is 1. The van der Waals surface area contributed by atoms with E-state index in [2.05, 4.69) is 18.3 Å². The van der Waals surface area contributed by atoms with Gasteiger partial charge >= 0.3 is 0 Å². The summed E-state index contributed by atoms with van der Waals surface area (Å²) in [7, 11) is 1.74. The van der Waals surface area contributed by atoms with E-state index in [0.29, 0.717) is 6.04 Å². The summed E-state index contributed by atoms with van der Waals surface area (Å²) in [5.74, 6) is 2.02. The van der Waals surface area contributed by atoms with Gasteiger partial charge in [0.15, 0.2) is 0 Å². The summed E-state index contributed by atoms with van der Waals surface area (Å²) >= 11 is 0. The first kappa shape index (κ1) is 13.3. The molecule has 0 bridgehead atoms. The Balaban J connectivity index is 2.49. The highest BCUT2D eigenvalue weighted by atomic mass is 16.5. The van der Waals surface area contributed by atoms with E-state index in [1.54, 1.807) is 7.11 Å². The Morgan fingerprint density at radius 2 is 2.25 bits per heavy atom. The van der Waals surface area contributed by atoms with E-state index in [9.17, 15) is 0 Å². The second-order valence-corrected chi connectivity index (χ2v) is 4.09. The molecule has 3 nitrogen and oxygen atoms in total. The number of hydrogen-bond donors (Lipinski definition) is 1. The third kappa shape index (κ3) is 4.37. The van der Waals surface area contributed by atoms with Crippen molar-refractivity contribution in [2.75, 3.05) is 20.3 Å². The summed E-state index contributed by atoms with van der Waals surface area (Å²) in [6, 6.07) is 4.41. The Morgan fingerprint density at radius 1 is 1.44 bits per heavy atom. The molecule has 1 aromatic rings. The lowest BCUT2D eigenvalue weighted by molar-refractivity contribution is 0.187. The van der Waals surface area contributed by atoms with Crippen LogP contribution in [0.3, 0.4) is 0 Å². The normalized spacial score (nSPS) is 12.9. The Labute approximate surface area is 98.2 Å². The zero-order valence-electron chi connectivity index (χ0n) is 10.6. The zero-order chi connectivity index (χ0) is 11.8. The van der Waals surface area contributed by atoms with Crippen LogP contribution in [-0.4, -0.2) is 20.3 Å². The molecule has 0 aliphatic heterocycles. The van der Waals surface area contributed by atoms with Crippen molar-refractivity contribution in [3.8, 4) is 0 Å². The van der Waals surface area contributed by atoms with Gasteiger partial charge in [0.25, 0.3) is 0 Å². The minimum Gasteiger partial charge on any atom is -0.465 e. The van der Waals surface area contributed by atoms with Gasteiger partial charge in [0.05, 0.1) is 6.04 Å². The van der Waals surface area contributed by atoms with E-state index >= 15 is 0 Å². The quantitative estimate of drug-likeness (QED) is 0.690. The van der Waals surface area contributed by atoms with Crippen LogP contribution >= 0.6 is 0 Å². The number of nitrogens with one attached hydrogen (secondary N) is 1. The monoisotopic (exact) mass is 225 g/mol. The average molecular weight is 225 g/mol. The van der Waals surface area contributed by atoms with Gasteiger partial charge in [-0.15, -0.1) is 0 Å². The first-order valence-electron chi connectivity index (χ1n) is 6.06. The van der Waals surface area contributed by atoms with Crippen LogP contribution in [0.4, 0.5) is 0 Å². The van der Waals surface area contributed by atoms with E-state index in [0.717, 1.165) is 43.9 Å². The minimum absolute atomic E-state index is 0.323. The fourth-order valence-corrected chi connectivity index (χ4v) is 1.74. The molecule has 0 fully saturated rings. The van der Waals surface area contributed by atoms with Crippen LogP contribution in [0.15, 0.2) is 16.5 Å². The maximum absolute atomic E-state index is 5.67. The maximum atomic E-state index is 5.67. The van der Waals surface area contributed by atoms with E-state index in [4.69, 9.17) is 9.15 Å². The fraction of sp³-hybridized carbons (Fsp3) is 0.692. The molecule has 0 saturated heterocycles. The topological polar surface area (TPSA) is 34.4 Å². The van der Waals surface area contributed by atoms with Gasteiger partial charge in [-0.2, -0.15) is 0 Å². The molecule has 1 aromatic heterocycles. The Hall–Kier alpha value is -0.800. The summed E-state index contributed by atoms with van der Waals surface area (Å²) < 4.78 is 10.7. The van der Waals surface area contributed by atoms with E-state index in [-0.39, 0.29) is 0 Å². The highest BCUT2D eigenvalue weighted by Crippen LogP contribution is 2.20. The van der Waals surface area contributed by atoms with Crippen LogP contribution in [0, 0.1) is 6.92 Å². The lowest BCUT2D eigenvalue weighted by atomic mass is 10.1. The highest BCUT2D eigenvalue weighted by Gasteiger charge is 2.13. The Morgan fingerprint density at radius 3 is 2.81 bits per heavy atom. The lowest BCUT2D eigenvalue weighted by Gasteiger charge is -2.15. The van der Waals surface area contributed by atoms with Gasteiger partial charge in [-0.3, -0.25) is 0 Å². The summed E-state index contributed by atoms with van der Waals surface area (Å²) in [5.41, 5.74) is 0. The van der Waals surface area contributed by atoms with Crippen LogP contribution in [0.2, 0.25) is 0 Å². The molecular formula is C13H23NO2. The van der Waals surface area contributed by atoms with Crippen molar-refractivity contribution in [3.63, 3.8) is 0 Å². The van der Waals surface area contributed by atoms with Gasteiger partial charge in [0, 0.05) is 13.7 Å². The molecule has 92 valence electrons. The molecule has 0 spiro atoms. The van der Waals surface area contributed by atoms with Crippen molar-refractivity contribution in [2.45, 2.75) is 39.2 Å². The maximum Gasteiger partial charge on any atom is 0.121 e. The molecule has 1 heterocycles. The van der Waals surface area contributed by atoms with Crippen molar-refractivity contribution in [1.82, 2.24) is 5.32 Å². The second kappa shape index (κ2) is 7.47. The molecule has 0 aromatic carbocycles. The molecule has 0 saturated carbocycles. The van der Waals surface area contributed by atoms with Gasteiger partial charge in [-0.25, -0.2) is 0 Å². The molecule has 0 aliphatic carbocycles. The van der Waals surface area contributed by atoms with Crippen LogP contribution in [0.1, 0.15) is 43.7 Å². The van der Waals surface area contributed by atoms with Crippen molar-refractivity contribution in [2.24, 2.45) is 0 Å². The second-order valence-electron chi connectivity index (χ2n) is 4.09. The molecule has 3 heteroatoms. The number of aryl methyl sites for hydroxylation is 1. The SMILES string of the molecule is CCCNC(CCCOC)c1ccc(C)o1. The van der Waals surface area contributed by atoms with Crippen LogP contribution in [-0.2, 0) is 4.74 Å². The molecule has 1 N–H and O–H groups in total. The van der Waals surface area contributed by atoms with E-state index in [1.165, 1.54) is 0 Å². The molecule has 1 rings (SSSR count). The summed E-state index contributed by atoms with van der Waals surface area (Å²) in [6.45, 7) is 5.99. The predicted octanol–water partition coefficient (Wildman–Crippen LogP) is 3.06. The molecule has 1 unspecified atom stereocenters. The highest BCUT2D eigenvalue weighted by molar-refractivity contribution is 5.09. The van der Waals surface area contributed by atoms with Gasteiger partial charge in [-0.05, 0) is 44.9 Å². The van der Waals surface area contributed by atoms with Crippen LogP contribution in [0.5, 0.6) is 0 Å². The smallest absolute Gasteiger partial charge is 0.121 e. The molecule has 0 radical (unpaired) electrons. The number of methoxy groups -OCH3 is 1. The zero-order valence-corrected chi connectivity index (χ0v) is 10.6. The van der Waals surface area contributed by atoms with Crippen molar-refractivity contribution >= 4 is 0 Å². The number of ether oxygens (including phenoxy) is 1. The molecule has 0 amide bonds. The third-order valence-electron chi connectivity index (χ3n) is 2.59. The molecule has 16 heavy (non-hydrogen) atoms. The van der Waals surface area contributed by atoms with Crippen molar-refractivity contribution in [3.05, 3.63) is 23.7 Å². The van der Waals surface area contributed by atoms with Crippen molar-refractivity contribution in [1.29, 1.82) is 0 Å². The lowest BCUT2D eigenvalue weighted by Crippen LogP contribution is -2.22. The predicted molar refractivity (Wildman–Crippen MR) is 65.6 cm³/mol. The van der Waals surface area contributed by atoms with Crippen LogP contribution < -0.4 is 5.32 Å². The van der Waals surface area contributed by atoms with Gasteiger partial charge in [-0.1, -0.05) is 6.92 Å². The minimum atomic E-state index is 0.323. The first-order valence-corrected chi connectivity index (χ1v) is 6.06. The largest absolute Gasteiger partial charge is 0.465 e. The van der Waals surface area contributed by atoms with Gasteiger partial charge in [0.2, 0.25) is 0 Å². The number of hydrogen-bond acceptors (Lipinski definition) is 3. The Bertz CT molecular complexity index is 283. The molecule has 1 atom stereocenters. The molecule has 0 aliphatic rings. The van der Waals surface area contributed by atoms with Crippen molar-refractivity contribution < 1.29 is 9.15 Å². The average Bonchev–Trinajstić information content (AvgIpc) is 2.70. The summed E-state index contributed by atoms with van der Waals surface area (Å²) in [6.07, 6.45) is 3.25. The van der Waals surface area contributed by atoms with Crippen LogP contribution in [0.25, 0.3) is 0 Å². The summed E-state index contributed by atoms with van der Waals surface area (Å²) in [4.78, 5) is 0. The summed E-state index contributed by atoms with van der Waals surface area (Å²) in [5, 5.41) is 3.51.